The second-order valence-electron chi connectivity index (χ2n) is 9.37. The van der Waals surface area contributed by atoms with E-state index in [1.165, 1.54) is 10.6 Å². The first-order chi connectivity index (χ1) is 18.4. The Balaban J connectivity index is 1.33. The van der Waals surface area contributed by atoms with Crippen LogP contribution in [0.4, 0.5) is 5.69 Å². The average Bonchev–Trinajstić information content (AvgIpc) is 3.54. The molecule has 0 spiro atoms. The summed E-state index contributed by atoms with van der Waals surface area (Å²) < 4.78 is 3.28. The second kappa shape index (κ2) is 9.11. The maximum atomic E-state index is 13.4. The fraction of sp³-hybridized carbons (Fsp3) is 0.138. The fourth-order valence-electron chi connectivity index (χ4n) is 4.74. The number of imidazole rings is 1. The highest BCUT2D eigenvalue weighted by atomic mass is 16.2. The average molecular weight is 504 g/mol. The number of hydrogen-bond acceptors (Lipinski definition) is 5. The van der Waals surface area contributed by atoms with Gasteiger partial charge in [-0.25, -0.2) is 4.98 Å². The van der Waals surface area contributed by atoms with Crippen molar-refractivity contribution in [3.05, 3.63) is 112 Å². The minimum Gasteiger partial charge on any atom is -0.320 e. The molecule has 1 aromatic carbocycles. The van der Waals surface area contributed by atoms with Crippen LogP contribution in [0.5, 0.6) is 0 Å². The van der Waals surface area contributed by atoms with Crippen molar-refractivity contribution in [1.82, 2.24) is 29.1 Å². The predicted molar refractivity (Wildman–Crippen MR) is 146 cm³/mol. The molecule has 0 bridgehead atoms. The smallest absolute Gasteiger partial charge is 0.274 e. The Bertz CT molecular complexity index is 1900. The van der Waals surface area contributed by atoms with Crippen LogP contribution in [0, 0.1) is 6.92 Å². The van der Waals surface area contributed by atoms with E-state index in [-0.39, 0.29) is 17.4 Å². The van der Waals surface area contributed by atoms with Gasteiger partial charge in [0.05, 0.1) is 23.1 Å². The lowest BCUT2D eigenvalue weighted by atomic mass is 9.98. The van der Waals surface area contributed by atoms with Gasteiger partial charge in [-0.2, -0.15) is 5.10 Å². The molecule has 0 saturated heterocycles. The van der Waals surface area contributed by atoms with Crippen molar-refractivity contribution in [2.45, 2.75) is 19.8 Å². The number of rotatable bonds is 5. The van der Waals surface area contributed by atoms with Crippen LogP contribution in [-0.4, -0.2) is 35.0 Å². The maximum Gasteiger partial charge on any atom is 0.274 e. The molecule has 0 aliphatic rings. The molecule has 9 heteroatoms. The summed E-state index contributed by atoms with van der Waals surface area (Å²) in [6.45, 7) is 4.04. The quantitative estimate of drug-likeness (QED) is 0.355. The molecule has 0 saturated carbocycles. The van der Waals surface area contributed by atoms with E-state index in [9.17, 15) is 9.59 Å². The molecule has 2 N–H and O–H groups in total. The third-order valence-corrected chi connectivity index (χ3v) is 6.81. The molecule has 1 atom stereocenters. The lowest BCUT2D eigenvalue weighted by Gasteiger charge is -2.13. The highest BCUT2D eigenvalue weighted by Crippen LogP contribution is 2.33. The summed E-state index contributed by atoms with van der Waals surface area (Å²) in [4.78, 5) is 34.3. The number of carbonyl (C=O) groups excluding carboxylic acids is 1. The van der Waals surface area contributed by atoms with Crippen LogP contribution in [0.2, 0.25) is 0 Å². The van der Waals surface area contributed by atoms with E-state index in [2.05, 4.69) is 32.4 Å². The number of hydrogen-bond donors (Lipinski definition) is 2. The van der Waals surface area contributed by atoms with E-state index < -0.39 is 0 Å². The number of aromatic amines is 1. The van der Waals surface area contributed by atoms with Crippen molar-refractivity contribution < 1.29 is 4.79 Å². The van der Waals surface area contributed by atoms with Gasteiger partial charge in [-0.05, 0) is 60.5 Å². The molecule has 0 aliphatic heterocycles. The van der Waals surface area contributed by atoms with E-state index in [0.717, 1.165) is 39.1 Å². The zero-order valence-corrected chi connectivity index (χ0v) is 21.1. The van der Waals surface area contributed by atoms with Gasteiger partial charge in [0.15, 0.2) is 0 Å². The summed E-state index contributed by atoms with van der Waals surface area (Å²) in [5.74, 6) is -0.335. The Morgan fingerprint density at radius 3 is 2.71 bits per heavy atom. The number of H-pyrrole nitrogens is 1. The lowest BCUT2D eigenvalue weighted by Crippen LogP contribution is -2.15. The number of anilines is 1. The number of benzene rings is 1. The molecule has 0 aliphatic carbocycles. The molecule has 6 aromatic rings. The summed E-state index contributed by atoms with van der Waals surface area (Å²) in [7, 11) is 1.71. The Morgan fingerprint density at radius 2 is 1.89 bits per heavy atom. The van der Waals surface area contributed by atoms with Gasteiger partial charge >= 0.3 is 0 Å². The molecular weight excluding hydrogens is 478 g/mol. The summed E-state index contributed by atoms with van der Waals surface area (Å²) in [6.07, 6.45) is 5.15. The first-order valence-corrected chi connectivity index (χ1v) is 12.2. The van der Waals surface area contributed by atoms with Crippen LogP contribution in [0.1, 0.15) is 40.4 Å². The second-order valence-corrected chi connectivity index (χ2v) is 9.37. The largest absolute Gasteiger partial charge is 0.320 e. The molecule has 5 aromatic heterocycles. The molecule has 1 amide bonds. The van der Waals surface area contributed by atoms with E-state index in [1.54, 1.807) is 29.9 Å². The Kier molecular flexibility index (Phi) is 5.60. The van der Waals surface area contributed by atoms with Crippen LogP contribution in [0.25, 0.3) is 27.7 Å². The van der Waals surface area contributed by atoms with Crippen LogP contribution < -0.4 is 10.9 Å². The molecule has 9 nitrogen and oxygen atoms in total. The fourth-order valence-corrected chi connectivity index (χ4v) is 4.74. The van der Waals surface area contributed by atoms with Crippen molar-refractivity contribution in [2.75, 3.05) is 5.32 Å². The van der Waals surface area contributed by atoms with Crippen molar-refractivity contribution in [2.24, 2.45) is 7.05 Å². The van der Waals surface area contributed by atoms with Crippen LogP contribution in [-0.2, 0) is 7.05 Å². The van der Waals surface area contributed by atoms with E-state index >= 15 is 0 Å². The first-order valence-electron chi connectivity index (χ1n) is 12.2. The van der Waals surface area contributed by atoms with Crippen LogP contribution >= 0.6 is 0 Å². The van der Waals surface area contributed by atoms with Gasteiger partial charge in [-0.15, -0.1) is 0 Å². The number of pyridine rings is 3. The number of fused-ring (bicyclic) bond motifs is 2. The Hall–Kier alpha value is -5.05. The highest BCUT2D eigenvalue weighted by Gasteiger charge is 2.21. The van der Waals surface area contributed by atoms with Gasteiger partial charge in [0, 0.05) is 48.2 Å². The Morgan fingerprint density at radius 1 is 1.05 bits per heavy atom. The third-order valence-electron chi connectivity index (χ3n) is 6.81. The third kappa shape index (κ3) is 4.03. The normalized spacial score (nSPS) is 12.2. The summed E-state index contributed by atoms with van der Waals surface area (Å²) in [6, 6.07) is 18.7. The van der Waals surface area contributed by atoms with Crippen molar-refractivity contribution in [1.29, 1.82) is 0 Å². The molecule has 1 unspecified atom stereocenters. The van der Waals surface area contributed by atoms with Crippen molar-refractivity contribution in [3.63, 3.8) is 0 Å². The topological polar surface area (TPSA) is 110 Å². The zero-order valence-electron chi connectivity index (χ0n) is 21.1. The van der Waals surface area contributed by atoms with Gasteiger partial charge in [0.2, 0.25) is 5.56 Å². The summed E-state index contributed by atoms with van der Waals surface area (Å²) in [5.41, 5.74) is 6.92. The molecule has 38 heavy (non-hydrogen) atoms. The van der Waals surface area contributed by atoms with Gasteiger partial charge < -0.3 is 9.88 Å². The summed E-state index contributed by atoms with van der Waals surface area (Å²) >= 11 is 0. The Labute approximate surface area is 217 Å². The first kappa shape index (κ1) is 23.4. The lowest BCUT2D eigenvalue weighted by molar-refractivity contribution is 0.102. The monoisotopic (exact) mass is 503 g/mol. The molecular formula is C29H25N7O2. The summed E-state index contributed by atoms with van der Waals surface area (Å²) in [5, 5.41) is 11.5. The minimum atomic E-state index is -0.284. The number of nitrogens with one attached hydrogen (secondary N) is 2. The van der Waals surface area contributed by atoms with Gasteiger partial charge in [0.1, 0.15) is 11.3 Å². The van der Waals surface area contributed by atoms with E-state index in [4.69, 9.17) is 0 Å². The van der Waals surface area contributed by atoms with Crippen LogP contribution in [0.15, 0.2) is 84.0 Å². The molecule has 5 heterocycles. The zero-order chi connectivity index (χ0) is 26.4. The molecule has 6 rings (SSSR count). The standard InChI is InChI=1S/C29H25N7O2/c1-17-6-4-7-21(31-17)18(2)28-27-22(8-5-9-23(27)33-34-28)32-29(38)24-15-30-25-14-19(12-13-36(24)25)20-10-11-26(37)35(3)16-20/h4-16,18H,1-3H3,(H,32,38)(H,33,34). The number of amides is 1. The number of nitrogens with zero attached hydrogens (tertiary/aromatic N) is 5. The van der Waals surface area contributed by atoms with Crippen molar-refractivity contribution in [3.8, 4) is 11.1 Å². The molecule has 188 valence electrons. The number of carbonyl (C=O) groups is 1. The molecule has 0 radical (unpaired) electrons. The number of aryl methyl sites for hydroxylation is 2. The van der Waals surface area contributed by atoms with Gasteiger partial charge in [-0.3, -0.25) is 24.1 Å². The number of aromatic nitrogens is 6. The SMILES string of the molecule is Cc1cccc(C(C)c2[nH]nc3cccc(NC(=O)c4cnc5cc(-c6ccc(=O)n(C)c6)ccn45)c23)n1. The highest BCUT2D eigenvalue weighted by molar-refractivity contribution is 6.09. The van der Waals surface area contributed by atoms with Gasteiger partial charge in [-0.1, -0.05) is 19.1 Å². The maximum absolute atomic E-state index is 13.4. The van der Waals surface area contributed by atoms with E-state index in [1.807, 2.05) is 61.7 Å². The van der Waals surface area contributed by atoms with Crippen molar-refractivity contribution >= 4 is 28.1 Å². The minimum absolute atomic E-state index is 0.0512. The van der Waals surface area contributed by atoms with Gasteiger partial charge in [0.25, 0.3) is 5.91 Å². The van der Waals surface area contributed by atoms with E-state index in [0.29, 0.717) is 17.0 Å². The molecule has 0 fully saturated rings. The predicted octanol–water partition coefficient (Wildman–Crippen LogP) is 4.68. The van der Waals surface area contributed by atoms with Crippen LogP contribution in [0.3, 0.4) is 0 Å².